The molecule has 5 N–H and O–H groups in total. The highest BCUT2D eigenvalue weighted by Gasteiger charge is 2.87. The summed E-state index contributed by atoms with van der Waals surface area (Å²) in [7, 11) is -4.16. The topological polar surface area (TPSA) is 180 Å². The molecule has 1 aromatic carbocycles. The van der Waals surface area contributed by atoms with Crippen LogP contribution in [-0.2, 0) is 23.4 Å². The number of hydrogen-bond acceptors (Lipinski definition) is 11. The van der Waals surface area contributed by atoms with Crippen LogP contribution in [-0.4, -0.2) is 67.3 Å². The highest BCUT2D eigenvalue weighted by Crippen LogP contribution is 2.68. The van der Waals surface area contributed by atoms with E-state index >= 15 is 0 Å². The summed E-state index contributed by atoms with van der Waals surface area (Å²) in [5.41, 5.74) is 2.86. The Labute approximate surface area is 224 Å². The molecule has 0 bridgehead atoms. The number of ether oxygens (including phenoxy) is 2. The summed E-state index contributed by atoms with van der Waals surface area (Å²) in [5.74, 6) is 0.0765. The number of carbonyl (C=O) groups is 1. The van der Waals surface area contributed by atoms with Crippen molar-refractivity contribution >= 4 is 25.1 Å². The Bertz CT molecular complexity index is 1430. The van der Waals surface area contributed by atoms with E-state index in [1.165, 1.54) is 10.8 Å². The highest BCUT2D eigenvalue weighted by atomic mass is 31.2. The van der Waals surface area contributed by atoms with Crippen molar-refractivity contribution in [1.29, 1.82) is 0 Å². The number of aliphatic hydroxyl groups is 2. The minimum absolute atomic E-state index is 0.0584. The first-order chi connectivity index (χ1) is 18.3. The fourth-order valence-electron chi connectivity index (χ4n) is 4.71. The predicted molar refractivity (Wildman–Crippen MR) is 139 cm³/mol. The van der Waals surface area contributed by atoms with Gasteiger partial charge >= 0.3 is 13.7 Å². The first-order valence-electron chi connectivity index (χ1n) is 12.4. The van der Waals surface area contributed by atoms with Crippen molar-refractivity contribution in [2.24, 2.45) is 5.41 Å². The molecule has 2 fully saturated rings. The second-order valence-corrected chi connectivity index (χ2v) is 12.5. The molecule has 6 atom stereocenters. The van der Waals surface area contributed by atoms with E-state index in [-0.39, 0.29) is 24.7 Å². The maximum Gasteiger partial charge on any atom is 0.459 e. The lowest BCUT2D eigenvalue weighted by Crippen LogP contribution is -2.36. The minimum Gasteiger partial charge on any atom is -0.464 e. The first kappa shape index (κ1) is 27.5. The monoisotopic (exact) mass is 561 g/mol. The van der Waals surface area contributed by atoms with Crippen LogP contribution in [0.25, 0.3) is 5.52 Å². The zero-order chi connectivity index (χ0) is 28.2. The van der Waals surface area contributed by atoms with Crippen molar-refractivity contribution in [2.75, 3.05) is 18.9 Å². The Balaban J connectivity index is 1.33. The maximum atomic E-state index is 13.8. The van der Waals surface area contributed by atoms with E-state index in [0.717, 1.165) is 0 Å². The molecule has 3 aromatic rings. The molecular weight excluding hydrogens is 529 g/mol. The Kier molecular flexibility index (Phi) is 6.73. The molecule has 210 valence electrons. The molecule has 0 spiro atoms. The summed E-state index contributed by atoms with van der Waals surface area (Å²) in [6.45, 7) is 6.57. The Morgan fingerprint density at radius 2 is 1.97 bits per heavy atom. The van der Waals surface area contributed by atoms with Gasteiger partial charge in [-0.05, 0) is 52.0 Å². The minimum atomic E-state index is -4.16. The molecule has 5 rings (SSSR count). The summed E-state index contributed by atoms with van der Waals surface area (Å²) in [4.78, 5) is 16.0. The van der Waals surface area contributed by atoms with Crippen LogP contribution in [0.5, 0.6) is 5.75 Å². The van der Waals surface area contributed by atoms with Crippen molar-refractivity contribution in [2.45, 2.75) is 57.2 Å². The number of esters is 1. The molecule has 1 saturated carbocycles. The molecule has 1 unspecified atom stereocenters. The molecule has 14 heteroatoms. The zero-order valence-corrected chi connectivity index (χ0v) is 22.9. The van der Waals surface area contributed by atoms with E-state index in [4.69, 9.17) is 24.3 Å². The van der Waals surface area contributed by atoms with Crippen LogP contribution >= 0.6 is 7.75 Å². The van der Waals surface area contributed by atoms with E-state index in [1.807, 2.05) is 0 Å². The number of rotatable bonds is 9. The first-order valence-corrected chi connectivity index (χ1v) is 14.0. The fraction of sp³-hybridized carbons (Fsp3) is 0.480. The van der Waals surface area contributed by atoms with Gasteiger partial charge in [0.05, 0.1) is 11.1 Å². The average Bonchev–Trinajstić information content (AvgIpc) is 3.17. The lowest BCUT2D eigenvalue weighted by Gasteiger charge is -2.26. The molecule has 2 aliphatic rings. The van der Waals surface area contributed by atoms with Gasteiger partial charge in [-0.15, -0.1) is 0 Å². The average molecular weight is 562 g/mol. The van der Waals surface area contributed by atoms with Crippen molar-refractivity contribution in [1.82, 2.24) is 19.7 Å². The van der Waals surface area contributed by atoms with Gasteiger partial charge in [0.25, 0.3) is 0 Å². The van der Waals surface area contributed by atoms with Crippen molar-refractivity contribution in [3.05, 3.63) is 54.5 Å². The maximum absolute atomic E-state index is 13.8. The second-order valence-electron chi connectivity index (χ2n) is 10.8. The van der Waals surface area contributed by atoms with Gasteiger partial charge in [0.1, 0.15) is 48.1 Å². The molecule has 1 aliphatic carbocycles. The standard InChI is InChI=1S/C25H32N5O8P/c1-23(2,3)22(32)35-13-12-29-39(34,37-15-8-6-5-7-9-15)38-21-24(4)25(21,33)19(31)18(36-24)16-10-11-17-20(26)27-14-28-30(16)17/h5-11,14,18-19,21,31,33H,12-13H2,1-4H3,(H,29,34)(H2,26,27,28)/t18-,19-,21?,24+,25+,39+/m0/s1. The van der Waals surface area contributed by atoms with Gasteiger partial charge in [-0.25, -0.2) is 19.2 Å². The van der Waals surface area contributed by atoms with Crippen molar-refractivity contribution in [3.63, 3.8) is 0 Å². The number of benzene rings is 1. The van der Waals surface area contributed by atoms with E-state index in [0.29, 0.717) is 11.2 Å². The lowest BCUT2D eigenvalue weighted by molar-refractivity contribution is -0.152. The quantitative estimate of drug-likeness (QED) is 0.170. The molecule has 3 heterocycles. The van der Waals surface area contributed by atoms with Crippen LogP contribution in [0.4, 0.5) is 5.82 Å². The summed E-state index contributed by atoms with van der Waals surface area (Å²) in [6, 6.07) is 11.7. The number of hydrogen-bond donors (Lipinski definition) is 4. The molecular formula is C25H32N5O8P. The Morgan fingerprint density at radius 1 is 1.26 bits per heavy atom. The third-order valence-electron chi connectivity index (χ3n) is 6.99. The van der Waals surface area contributed by atoms with Gasteiger partial charge < -0.3 is 29.9 Å². The lowest BCUT2D eigenvalue weighted by atomic mass is 9.97. The van der Waals surface area contributed by atoms with Crippen LogP contribution in [0.15, 0.2) is 48.8 Å². The van der Waals surface area contributed by atoms with Gasteiger partial charge in [0.2, 0.25) is 0 Å². The number of aromatic nitrogens is 3. The third kappa shape index (κ3) is 4.69. The van der Waals surface area contributed by atoms with Crippen LogP contribution in [0.2, 0.25) is 0 Å². The molecule has 39 heavy (non-hydrogen) atoms. The number of fused-ring (bicyclic) bond motifs is 2. The molecule has 0 radical (unpaired) electrons. The predicted octanol–water partition coefficient (Wildman–Crippen LogP) is 2.00. The fourth-order valence-corrected chi connectivity index (χ4v) is 6.30. The smallest absolute Gasteiger partial charge is 0.459 e. The van der Waals surface area contributed by atoms with Crippen LogP contribution in [0.3, 0.4) is 0 Å². The summed E-state index contributed by atoms with van der Waals surface area (Å²) in [6.07, 6.45) is -2.37. The number of nitrogens with one attached hydrogen (secondary N) is 1. The Hall–Kier alpha value is -3.06. The number of aliphatic hydroxyl groups excluding tert-OH is 1. The van der Waals surface area contributed by atoms with Crippen LogP contribution in [0.1, 0.15) is 39.5 Å². The van der Waals surface area contributed by atoms with E-state index in [2.05, 4.69) is 15.2 Å². The van der Waals surface area contributed by atoms with Crippen LogP contribution in [0, 0.1) is 5.41 Å². The van der Waals surface area contributed by atoms with Gasteiger partial charge in [-0.2, -0.15) is 5.10 Å². The zero-order valence-electron chi connectivity index (χ0n) is 22.0. The Morgan fingerprint density at radius 3 is 2.62 bits per heavy atom. The largest absolute Gasteiger partial charge is 0.464 e. The van der Waals surface area contributed by atoms with E-state index in [1.54, 1.807) is 70.2 Å². The number of carbonyl (C=O) groups excluding carboxylic acids is 1. The molecule has 0 amide bonds. The number of para-hydroxylation sites is 1. The van der Waals surface area contributed by atoms with Gasteiger partial charge in [-0.1, -0.05) is 18.2 Å². The van der Waals surface area contributed by atoms with Gasteiger partial charge in [0, 0.05) is 6.54 Å². The number of nitrogens with two attached hydrogens (primary N) is 1. The van der Waals surface area contributed by atoms with Crippen molar-refractivity contribution < 1.29 is 38.1 Å². The SMILES string of the molecule is CC(C)(C)C(=O)OCCN[P@@](=O)(Oc1ccccc1)OC1[C@@]2(C)O[C@@H](c3ccc4c(N)ncnn34)[C@H](O)[C@@]12O. The van der Waals surface area contributed by atoms with Crippen LogP contribution < -0.4 is 15.3 Å². The second kappa shape index (κ2) is 9.54. The highest BCUT2D eigenvalue weighted by molar-refractivity contribution is 7.52. The number of nitrogens with zero attached hydrogens (tertiary/aromatic N) is 3. The third-order valence-corrected chi connectivity index (χ3v) is 8.54. The number of nitrogen functional groups attached to an aromatic ring is 1. The molecule has 13 nitrogen and oxygen atoms in total. The van der Waals surface area contributed by atoms with Gasteiger partial charge in [0.15, 0.2) is 11.4 Å². The molecule has 2 aromatic heterocycles. The van der Waals surface area contributed by atoms with E-state index < -0.39 is 48.6 Å². The number of anilines is 1. The van der Waals surface area contributed by atoms with Crippen molar-refractivity contribution in [3.8, 4) is 5.75 Å². The molecule has 1 aliphatic heterocycles. The summed E-state index contributed by atoms with van der Waals surface area (Å²) < 4.78 is 38.2. The summed E-state index contributed by atoms with van der Waals surface area (Å²) in [5, 5.41) is 29.5. The van der Waals surface area contributed by atoms with Gasteiger partial charge in [-0.3, -0.25) is 9.32 Å². The van der Waals surface area contributed by atoms with E-state index in [9.17, 15) is 19.6 Å². The normalized spacial score (nSPS) is 29.5. The summed E-state index contributed by atoms with van der Waals surface area (Å²) >= 11 is 0. The molecule has 1 saturated heterocycles.